The predicted molar refractivity (Wildman–Crippen MR) is 100 cm³/mol. The lowest BCUT2D eigenvalue weighted by atomic mass is 10.3. The van der Waals surface area contributed by atoms with Crippen LogP contribution in [-0.4, -0.2) is 54.4 Å². The van der Waals surface area contributed by atoms with Crippen molar-refractivity contribution in [2.45, 2.75) is 25.7 Å². The van der Waals surface area contributed by atoms with E-state index in [0.717, 1.165) is 31.6 Å². The van der Waals surface area contributed by atoms with Gasteiger partial charge in [0.25, 0.3) is 0 Å². The highest BCUT2D eigenvalue weighted by molar-refractivity contribution is 8.00. The van der Waals surface area contributed by atoms with Crippen molar-refractivity contribution in [2.24, 2.45) is 0 Å². The normalized spacial score (nSPS) is 14.5. The van der Waals surface area contributed by atoms with E-state index in [4.69, 9.17) is 0 Å². The Morgan fingerprint density at radius 1 is 1.00 bits per heavy atom. The number of unbranched alkanes of at least 4 members (excludes halogenated alkanes) is 1. The molecule has 2 rings (SSSR count). The minimum absolute atomic E-state index is 0.00804. The van der Waals surface area contributed by atoms with Gasteiger partial charge in [0.05, 0.1) is 11.5 Å². The maximum atomic E-state index is 11.8. The first-order valence-electron chi connectivity index (χ1n) is 8.66. The number of hydrogen-bond donors (Lipinski definition) is 2. The summed E-state index contributed by atoms with van der Waals surface area (Å²) in [7, 11) is 0. The molecule has 0 spiro atoms. The number of carbonyl (C=O) groups excluding carboxylic acids is 2. The molecule has 0 aliphatic carbocycles. The van der Waals surface area contributed by atoms with E-state index in [1.165, 1.54) is 37.7 Å². The van der Waals surface area contributed by atoms with Crippen LogP contribution in [0.1, 0.15) is 25.7 Å². The molecule has 1 fully saturated rings. The largest absolute Gasteiger partial charge is 0.355 e. The summed E-state index contributed by atoms with van der Waals surface area (Å²) in [5.74, 6) is 0.546. The molecule has 1 aromatic rings. The molecule has 132 valence electrons. The Morgan fingerprint density at radius 3 is 2.46 bits per heavy atom. The van der Waals surface area contributed by atoms with Crippen LogP contribution in [0.15, 0.2) is 30.3 Å². The summed E-state index contributed by atoms with van der Waals surface area (Å²) in [5.41, 5.74) is 0.783. The zero-order valence-electron chi connectivity index (χ0n) is 14.1. The summed E-state index contributed by atoms with van der Waals surface area (Å²) in [4.78, 5) is 26.0. The van der Waals surface area contributed by atoms with Crippen LogP contribution >= 0.6 is 11.8 Å². The number of para-hydroxylation sites is 1. The summed E-state index contributed by atoms with van der Waals surface area (Å²) >= 11 is 1.34. The summed E-state index contributed by atoms with van der Waals surface area (Å²) in [6, 6.07) is 9.34. The van der Waals surface area contributed by atoms with E-state index in [0.29, 0.717) is 5.75 Å². The van der Waals surface area contributed by atoms with Crippen LogP contribution in [0.2, 0.25) is 0 Å². The molecule has 0 unspecified atom stereocenters. The Hall–Kier alpha value is -1.53. The quantitative estimate of drug-likeness (QED) is 0.637. The maximum Gasteiger partial charge on any atom is 0.234 e. The zero-order chi connectivity index (χ0) is 17.0. The van der Waals surface area contributed by atoms with Gasteiger partial charge in [-0.3, -0.25) is 9.59 Å². The number of thioether (sulfide) groups is 1. The fourth-order valence-electron chi connectivity index (χ4n) is 2.70. The van der Waals surface area contributed by atoms with E-state index >= 15 is 0 Å². The molecule has 0 saturated carbocycles. The number of nitrogens with one attached hydrogen (secondary N) is 2. The topological polar surface area (TPSA) is 61.4 Å². The van der Waals surface area contributed by atoms with Gasteiger partial charge in [0.15, 0.2) is 0 Å². The standard InChI is InChI=1S/C18H27N3O2S/c22-17(19-10-4-5-11-21-12-6-7-13-21)14-24-15-18(23)20-16-8-2-1-3-9-16/h1-3,8-9H,4-7,10-15H2,(H,19,22)(H,20,23). The van der Waals surface area contributed by atoms with Crippen molar-refractivity contribution >= 4 is 29.3 Å². The third kappa shape index (κ3) is 7.84. The molecule has 6 heteroatoms. The first-order chi connectivity index (χ1) is 11.7. The summed E-state index contributed by atoms with van der Waals surface area (Å²) < 4.78 is 0. The molecule has 1 aromatic carbocycles. The molecule has 0 bridgehead atoms. The van der Waals surface area contributed by atoms with E-state index in [2.05, 4.69) is 15.5 Å². The molecule has 1 aliphatic heterocycles. The second-order valence-corrected chi connectivity index (χ2v) is 7.00. The fourth-order valence-corrected chi connectivity index (χ4v) is 3.35. The van der Waals surface area contributed by atoms with Crippen LogP contribution in [0.4, 0.5) is 5.69 Å². The Bertz CT molecular complexity index is 504. The highest BCUT2D eigenvalue weighted by Gasteiger charge is 2.10. The lowest BCUT2D eigenvalue weighted by molar-refractivity contribution is -0.118. The number of benzene rings is 1. The minimum Gasteiger partial charge on any atom is -0.355 e. The van der Waals surface area contributed by atoms with Gasteiger partial charge < -0.3 is 15.5 Å². The lowest BCUT2D eigenvalue weighted by Gasteiger charge is -2.13. The summed E-state index contributed by atoms with van der Waals surface area (Å²) in [6.07, 6.45) is 4.80. The number of anilines is 1. The van der Waals surface area contributed by atoms with Crippen LogP contribution in [0.5, 0.6) is 0 Å². The van der Waals surface area contributed by atoms with Crippen molar-refractivity contribution in [1.82, 2.24) is 10.2 Å². The van der Waals surface area contributed by atoms with Crippen LogP contribution in [0.25, 0.3) is 0 Å². The molecular formula is C18H27N3O2S. The zero-order valence-corrected chi connectivity index (χ0v) is 14.9. The monoisotopic (exact) mass is 349 g/mol. The number of rotatable bonds is 10. The van der Waals surface area contributed by atoms with E-state index in [9.17, 15) is 9.59 Å². The molecule has 0 aromatic heterocycles. The van der Waals surface area contributed by atoms with Crippen LogP contribution in [0.3, 0.4) is 0 Å². The van der Waals surface area contributed by atoms with E-state index in [1.54, 1.807) is 0 Å². The molecule has 1 saturated heterocycles. The van der Waals surface area contributed by atoms with Gasteiger partial charge in [-0.25, -0.2) is 0 Å². The van der Waals surface area contributed by atoms with Crippen LogP contribution < -0.4 is 10.6 Å². The van der Waals surface area contributed by atoms with E-state index in [-0.39, 0.29) is 17.6 Å². The van der Waals surface area contributed by atoms with Crippen molar-refractivity contribution in [2.75, 3.05) is 43.0 Å². The van der Waals surface area contributed by atoms with Gasteiger partial charge in [-0.2, -0.15) is 0 Å². The van der Waals surface area contributed by atoms with Gasteiger partial charge in [0.1, 0.15) is 0 Å². The Balaban J connectivity index is 1.45. The predicted octanol–water partition coefficient (Wildman–Crippen LogP) is 2.35. The highest BCUT2D eigenvalue weighted by Crippen LogP contribution is 2.08. The molecule has 1 aliphatic rings. The third-order valence-corrected chi connectivity index (χ3v) is 4.88. The van der Waals surface area contributed by atoms with Gasteiger partial charge in [-0.1, -0.05) is 18.2 Å². The van der Waals surface area contributed by atoms with Crippen LogP contribution in [-0.2, 0) is 9.59 Å². The molecule has 0 radical (unpaired) electrons. The van der Waals surface area contributed by atoms with Crippen LogP contribution in [0, 0.1) is 0 Å². The average Bonchev–Trinajstić information content (AvgIpc) is 3.09. The molecule has 24 heavy (non-hydrogen) atoms. The van der Waals surface area contributed by atoms with Gasteiger partial charge in [0, 0.05) is 12.2 Å². The van der Waals surface area contributed by atoms with Gasteiger partial charge >= 0.3 is 0 Å². The highest BCUT2D eigenvalue weighted by atomic mass is 32.2. The lowest BCUT2D eigenvalue weighted by Crippen LogP contribution is -2.28. The molecule has 1 heterocycles. The molecule has 5 nitrogen and oxygen atoms in total. The second-order valence-electron chi connectivity index (χ2n) is 6.01. The van der Waals surface area contributed by atoms with Crippen molar-refractivity contribution in [1.29, 1.82) is 0 Å². The van der Waals surface area contributed by atoms with Gasteiger partial charge in [-0.05, 0) is 57.5 Å². The van der Waals surface area contributed by atoms with E-state index < -0.39 is 0 Å². The van der Waals surface area contributed by atoms with Gasteiger partial charge in [0.2, 0.25) is 11.8 Å². The van der Waals surface area contributed by atoms with E-state index in [1.807, 2.05) is 30.3 Å². The SMILES string of the molecule is O=C(CSCC(=O)Nc1ccccc1)NCCCCN1CCCC1. The smallest absolute Gasteiger partial charge is 0.234 e. The number of carbonyl (C=O) groups is 2. The van der Waals surface area contributed by atoms with Crippen molar-refractivity contribution < 1.29 is 9.59 Å². The molecule has 0 atom stereocenters. The maximum absolute atomic E-state index is 11.8. The molecule has 2 N–H and O–H groups in total. The number of nitrogens with zero attached hydrogens (tertiary/aromatic N) is 1. The Labute approximate surface area is 148 Å². The number of hydrogen-bond acceptors (Lipinski definition) is 4. The third-order valence-electron chi connectivity index (χ3n) is 3.95. The molecular weight excluding hydrogens is 322 g/mol. The molecule has 2 amide bonds. The van der Waals surface area contributed by atoms with Crippen molar-refractivity contribution in [3.05, 3.63) is 30.3 Å². The second kappa shape index (κ2) is 11.1. The van der Waals surface area contributed by atoms with Crippen molar-refractivity contribution in [3.63, 3.8) is 0 Å². The van der Waals surface area contributed by atoms with Gasteiger partial charge in [-0.15, -0.1) is 11.8 Å². The Kier molecular flexibility index (Phi) is 8.70. The average molecular weight is 350 g/mol. The Morgan fingerprint density at radius 2 is 1.71 bits per heavy atom. The van der Waals surface area contributed by atoms with Crippen molar-refractivity contribution in [3.8, 4) is 0 Å². The fraction of sp³-hybridized carbons (Fsp3) is 0.556. The first-order valence-corrected chi connectivity index (χ1v) is 9.81. The number of amides is 2. The first kappa shape index (κ1) is 18.8. The summed E-state index contributed by atoms with van der Waals surface area (Å²) in [6.45, 7) is 4.33. The minimum atomic E-state index is -0.0791. The summed E-state index contributed by atoms with van der Waals surface area (Å²) in [5, 5.41) is 5.73. The number of likely N-dealkylation sites (tertiary alicyclic amines) is 1.